The van der Waals surface area contributed by atoms with E-state index < -0.39 is 11.6 Å². The molecule has 0 atom stereocenters. The van der Waals surface area contributed by atoms with Gasteiger partial charge in [0.15, 0.2) is 4.77 Å². The van der Waals surface area contributed by atoms with Gasteiger partial charge < -0.3 is 4.98 Å². The Morgan fingerprint density at radius 2 is 1.79 bits per heavy atom. The van der Waals surface area contributed by atoms with Gasteiger partial charge in [-0.2, -0.15) is 0 Å². The topological polar surface area (TPSA) is 48.6 Å². The molecule has 0 aliphatic carbocycles. The third kappa shape index (κ3) is 3.14. The molecule has 0 aliphatic heterocycles. The van der Waals surface area contributed by atoms with Crippen molar-refractivity contribution in [1.82, 2.24) is 9.97 Å². The molecular formula is C13H12F2N2OS. The Morgan fingerprint density at radius 3 is 2.37 bits per heavy atom. The summed E-state index contributed by atoms with van der Waals surface area (Å²) in [5.74, 6) is -1.28. The molecule has 0 saturated heterocycles. The highest BCUT2D eigenvalue weighted by Gasteiger charge is 2.09. The summed E-state index contributed by atoms with van der Waals surface area (Å²) in [5.41, 5.74) is 1.31. The number of benzene rings is 1. The Kier molecular flexibility index (Phi) is 3.90. The zero-order chi connectivity index (χ0) is 14.0. The first-order chi connectivity index (χ1) is 8.99. The van der Waals surface area contributed by atoms with Crippen molar-refractivity contribution in [1.29, 1.82) is 0 Å². The maximum absolute atomic E-state index is 13.1. The number of rotatable bonds is 3. The molecule has 100 valence electrons. The summed E-state index contributed by atoms with van der Waals surface area (Å²) in [6.45, 7) is 1.83. The summed E-state index contributed by atoms with van der Waals surface area (Å²) >= 11 is 4.90. The van der Waals surface area contributed by atoms with Gasteiger partial charge in [-0.1, -0.05) is 6.92 Å². The molecular weight excluding hydrogens is 270 g/mol. The zero-order valence-electron chi connectivity index (χ0n) is 10.2. The van der Waals surface area contributed by atoms with Gasteiger partial charge in [-0.25, -0.2) is 8.78 Å². The predicted octanol–water partition coefficient (Wildman–Crippen LogP) is 2.86. The van der Waals surface area contributed by atoms with Crippen molar-refractivity contribution in [3.8, 4) is 0 Å². The Balaban J connectivity index is 2.48. The van der Waals surface area contributed by atoms with E-state index in [1.807, 2.05) is 6.92 Å². The van der Waals surface area contributed by atoms with Gasteiger partial charge >= 0.3 is 0 Å². The van der Waals surface area contributed by atoms with Crippen LogP contribution in [0.25, 0.3) is 0 Å². The Morgan fingerprint density at radius 1 is 1.16 bits per heavy atom. The normalized spacial score (nSPS) is 10.7. The van der Waals surface area contributed by atoms with Gasteiger partial charge in [0.05, 0.1) is 0 Å². The molecule has 3 nitrogen and oxygen atoms in total. The van der Waals surface area contributed by atoms with E-state index in [1.54, 1.807) is 0 Å². The van der Waals surface area contributed by atoms with Gasteiger partial charge in [0.25, 0.3) is 5.56 Å². The molecule has 0 amide bonds. The van der Waals surface area contributed by atoms with Crippen LogP contribution in [-0.4, -0.2) is 9.97 Å². The van der Waals surface area contributed by atoms with Crippen molar-refractivity contribution in [2.45, 2.75) is 19.8 Å². The molecule has 19 heavy (non-hydrogen) atoms. The van der Waals surface area contributed by atoms with Crippen LogP contribution in [0.2, 0.25) is 0 Å². The third-order valence-corrected chi connectivity index (χ3v) is 2.99. The minimum Gasteiger partial charge on any atom is -0.335 e. The Hall–Kier alpha value is -1.82. The summed E-state index contributed by atoms with van der Waals surface area (Å²) in [5, 5.41) is 0. The fourth-order valence-electron chi connectivity index (χ4n) is 2.00. The highest BCUT2D eigenvalue weighted by atomic mass is 32.1. The van der Waals surface area contributed by atoms with Crippen LogP contribution in [0.15, 0.2) is 23.0 Å². The number of hydrogen-bond acceptors (Lipinski definition) is 2. The second kappa shape index (κ2) is 5.44. The van der Waals surface area contributed by atoms with Gasteiger partial charge in [-0.3, -0.25) is 9.78 Å². The molecule has 0 radical (unpaired) electrons. The van der Waals surface area contributed by atoms with E-state index in [9.17, 15) is 13.6 Å². The highest BCUT2D eigenvalue weighted by Crippen LogP contribution is 2.13. The SMILES string of the molecule is CCc1c(Cc2cc(F)cc(F)c2)[nH]c(=S)[nH]c1=O. The number of aromatic amines is 2. The minimum absolute atomic E-state index is 0.203. The van der Waals surface area contributed by atoms with E-state index >= 15 is 0 Å². The monoisotopic (exact) mass is 282 g/mol. The maximum Gasteiger partial charge on any atom is 0.255 e. The van der Waals surface area contributed by atoms with Crippen LogP contribution in [0.1, 0.15) is 23.7 Å². The van der Waals surface area contributed by atoms with Crippen molar-refractivity contribution < 1.29 is 8.78 Å². The average molecular weight is 282 g/mol. The second-order valence-corrected chi connectivity index (χ2v) is 4.58. The molecule has 2 aromatic rings. The Bertz CT molecular complexity index is 701. The smallest absolute Gasteiger partial charge is 0.255 e. The average Bonchev–Trinajstić information content (AvgIpc) is 2.26. The van der Waals surface area contributed by atoms with E-state index in [0.29, 0.717) is 23.2 Å². The summed E-state index contributed by atoms with van der Waals surface area (Å²) in [4.78, 5) is 17.1. The third-order valence-electron chi connectivity index (χ3n) is 2.79. The first-order valence-corrected chi connectivity index (χ1v) is 6.19. The first kappa shape index (κ1) is 13.6. The molecule has 1 heterocycles. The van der Waals surface area contributed by atoms with E-state index in [2.05, 4.69) is 9.97 Å². The van der Waals surface area contributed by atoms with Gasteiger partial charge in [0.2, 0.25) is 0 Å². The molecule has 1 aromatic heterocycles. The fraction of sp³-hybridized carbons (Fsp3) is 0.231. The number of nitrogens with one attached hydrogen (secondary N) is 2. The van der Waals surface area contributed by atoms with Crippen LogP contribution in [-0.2, 0) is 12.8 Å². The maximum atomic E-state index is 13.1. The number of H-pyrrole nitrogens is 2. The molecule has 0 unspecified atom stereocenters. The Labute approximate surface area is 113 Å². The van der Waals surface area contributed by atoms with Crippen LogP contribution < -0.4 is 5.56 Å². The van der Waals surface area contributed by atoms with Gasteiger partial charge in [0, 0.05) is 23.7 Å². The lowest BCUT2D eigenvalue weighted by atomic mass is 10.0. The second-order valence-electron chi connectivity index (χ2n) is 4.17. The quantitative estimate of drug-likeness (QED) is 0.850. The number of aromatic nitrogens is 2. The number of halogens is 2. The van der Waals surface area contributed by atoms with E-state index in [4.69, 9.17) is 12.2 Å². The fourth-order valence-corrected chi connectivity index (χ4v) is 2.22. The first-order valence-electron chi connectivity index (χ1n) is 5.79. The summed E-state index contributed by atoms with van der Waals surface area (Å²) in [6, 6.07) is 3.28. The summed E-state index contributed by atoms with van der Waals surface area (Å²) in [6.07, 6.45) is 0.736. The van der Waals surface area contributed by atoms with Gasteiger partial charge in [-0.15, -0.1) is 0 Å². The lowest BCUT2D eigenvalue weighted by Crippen LogP contribution is -2.17. The standard InChI is InChI=1S/C13H12F2N2OS/c1-2-10-11(16-13(19)17-12(10)18)5-7-3-8(14)6-9(15)4-7/h3-4,6H,2,5H2,1H3,(H2,16,17,18,19). The van der Waals surface area contributed by atoms with Crippen LogP contribution in [0.4, 0.5) is 8.78 Å². The molecule has 6 heteroatoms. The lowest BCUT2D eigenvalue weighted by Gasteiger charge is -2.07. The van der Waals surface area contributed by atoms with E-state index in [1.165, 1.54) is 12.1 Å². The largest absolute Gasteiger partial charge is 0.335 e. The lowest BCUT2D eigenvalue weighted by molar-refractivity contribution is 0.580. The molecule has 2 N–H and O–H groups in total. The molecule has 1 aromatic carbocycles. The van der Waals surface area contributed by atoms with Crippen molar-refractivity contribution >= 4 is 12.2 Å². The van der Waals surface area contributed by atoms with Crippen LogP contribution in [0, 0.1) is 16.4 Å². The van der Waals surface area contributed by atoms with Crippen molar-refractivity contribution in [2.24, 2.45) is 0 Å². The minimum atomic E-state index is -0.642. The predicted molar refractivity (Wildman–Crippen MR) is 70.8 cm³/mol. The summed E-state index contributed by atoms with van der Waals surface area (Å²) < 4.78 is 26.5. The molecule has 0 fully saturated rings. The highest BCUT2D eigenvalue weighted by molar-refractivity contribution is 7.71. The van der Waals surface area contributed by atoms with Crippen molar-refractivity contribution in [3.63, 3.8) is 0 Å². The van der Waals surface area contributed by atoms with E-state index in [0.717, 1.165) is 6.07 Å². The van der Waals surface area contributed by atoms with Gasteiger partial charge in [0.1, 0.15) is 11.6 Å². The molecule has 2 rings (SSSR count). The molecule has 0 bridgehead atoms. The number of hydrogen-bond donors (Lipinski definition) is 2. The molecule has 0 aliphatic rings. The van der Waals surface area contributed by atoms with Crippen LogP contribution in [0.5, 0.6) is 0 Å². The van der Waals surface area contributed by atoms with Crippen molar-refractivity contribution in [2.75, 3.05) is 0 Å². The van der Waals surface area contributed by atoms with Crippen molar-refractivity contribution in [3.05, 3.63) is 61.8 Å². The zero-order valence-corrected chi connectivity index (χ0v) is 11.0. The van der Waals surface area contributed by atoms with Crippen LogP contribution >= 0.6 is 12.2 Å². The molecule has 0 spiro atoms. The molecule has 0 saturated carbocycles. The van der Waals surface area contributed by atoms with Gasteiger partial charge in [-0.05, 0) is 36.3 Å². The van der Waals surface area contributed by atoms with E-state index in [-0.39, 0.29) is 16.8 Å². The summed E-state index contributed by atoms with van der Waals surface area (Å²) in [7, 11) is 0. The van der Waals surface area contributed by atoms with Crippen LogP contribution in [0.3, 0.4) is 0 Å².